The number of ether oxygens (including phenoxy) is 3. The number of allylic oxidation sites excluding steroid dienone is 2. The van der Waals surface area contributed by atoms with E-state index in [4.69, 9.17) is 14.6 Å². The fourth-order valence-corrected chi connectivity index (χ4v) is 2.90. The number of rotatable bonds is 4. The lowest BCUT2D eigenvalue weighted by Gasteiger charge is -2.28. The summed E-state index contributed by atoms with van der Waals surface area (Å²) in [4.78, 5) is 23.2. The Hall–Kier alpha value is -3.10. The van der Waals surface area contributed by atoms with Crippen molar-refractivity contribution in [1.29, 1.82) is 0 Å². The molecule has 0 aliphatic carbocycles. The van der Waals surface area contributed by atoms with E-state index in [1.165, 1.54) is 18.2 Å². The van der Waals surface area contributed by atoms with Gasteiger partial charge in [-0.25, -0.2) is 9.59 Å². The lowest BCUT2D eigenvalue weighted by Crippen LogP contribution is -2.28. The third-order valence-electron chi connectivity index (χ3n) is 3.79. The van der Waals surface area contributed by atoms with Crippen molar-refractivity contribution in [3.05, 3.63) is 52.6 Å². The van der Waals surface area contributed by atoms with E-state index in [0.29, 0.717) is 11.4 Å². The van der Waals surface area contributed by atoms with Gasteiger partial charge in [0.2, 0.25) is 0 Å². The average molecular weight is 353 g/mol. The van der Waals surface area contributed by atoms with Crippen LogP contribution in [0, 0.1) is 0 Å². The molecule has 2 heterocycles. The molecule has 0 spiro atoms. The summed E-state index contributed by atoms with van der Waals surface area (Å²) >= 11 is 0. The minimum absolute atomic E-state index is 0.0276. The number of alkyl halides is 2. The summed E-state index contributed by atoms with van der Waals surface area (Å²) < 4.78 is 39.8. The topological polar surface area (TPSA) is 94.1 Å². The molecule has 3 rings (SSSR count). The van der Waals surface area contributed by atoms with Crippen LogP contribution in [0.4, 0.5) is 13.6 Å². The molecule has 0 aromatic heterocycles. The van der Waals surface area contributed by atoms with Crippen LogP contribution in [-0.4, -0.2) is 30.4 Å². The standard InChI is InChI=1S/C16H13F2NO6/c1-7-13(25-16(21)22)11(12-9(19-7)6-23-14(12)20)8-4-2-3-5-10(8)24-15(17)18/h2-5,11,15,19H,6H2,1H3,(H,21,22). The number of carboxylic acid groups (broad SMARTS) is 1. The normalized spacial score (nSPS) is 19.5. The number of benzene rings is 1. The maximum Gasteiger partial charge on any atom is 0.511 e. The third-order valence-corrected chi connectivity index (χ3v) is 3.79. The van der Waals surface area contributed by atoms with Crippen LogP contribution < -0.4 is 10.1 Å². The first-order valence-corrected chi connectivity index (χ1v) is 7.21. The van der Waals surface area contributed by atoms with Crippen LogP contribution in [0.25, 0.3) is 0 Å². The second-order valence-corrected chi connectivity index (χ2v) is 5.30. The molecular formula is C16H13F2NO6. The fourth-order valence-electron chi connectivity index (χ4n) is 2.90. The van der Waals surface area contributed by atoms with Gasteiger partial charge in [0.15, 0.2) is 0 Å². The lowest BCUT2D eigenvalue weighted by molar-refractivity contribution is -0.136. The number of hydrogen-bond acceptors (Lipinski definition) is 6. The molecule has 0 bridgehead atoms. The summed E-state index contributed by atoms with van der Waals surface area (Å²) in [5, 5.41) is 11.9. The van der Waals surface area contributed by atoms with Crippen LogP contribution >= 0.6 is 0 Å². The molecule has 2 aliphatic rings. The molecule has 25 heavy (non-hydrogen) atoms. The fraction of sp³-hybridized carbons (Fsp3) is 0.250. The van der Waals surface area contributed by atoms with E-state index in [0.717, 1.165) is 0 Å². The summed E-state index contributed by atoms with van der Waals surface area (Å²) in [6.07, 6.45) is -1.59. The molecule has 1 aromatic carbocycles. The van der Waals surface area contributed by atoms with E-state index in [2.05, 4.69) is 10.1 Å². The summed E-state index contributed by atoms with van der Waals surface area (Å²) in [5.41, 5.74) is 1.03. The van der Waals surface area contributed by atoms with Gasteiger partial charge in [-0.2, -0.15) is 8.78 Å². The Bertz CT molecular complexity index is 802. The van der Waals surface area contributed by atoms with E-state index >= 15 is 0 Å². The highest BCUT2D eigenvalue weighted by Gasteiger charge is 2.42. The van der Waals surface area contributed by atoms with E-state index in [9.17, 15) is 18.4 Å². The minimum Gasteiger partial charge on any atom is -0.456 e. The minimum atomic E-state index is -3.08. The molecule has 0 amide bonds. The molecular weight excluding hydrogens is 340 g/mol. The summed E-state index contributed by atoms with van der Waals surface area (Å²) in [5.74, 6) is -2.01. The van der Waals surface area contributed by atoms with Crippen molar-refractivity contribution in [2.75, 3.05) is 6.61 Å². The molecule has 1 aromatic rings. The third kappa shape index (κ3) is 3.12. The highest BCUT2D eigenvalue weighted by atomic mass is 19.3. The van der Waals surface area contributed by atoms with Crippen molar-refractivity contribution >= 4 is 12.1 Å². The number of carbonyl (C=O) groups is 2. The first-order chi connectivity index (χ1) is 11.9. The Balaban J connectivity index is 2.16. The van der Waals surface area contributed by atoms with Crippen LogP contribution in [0.3, 0.4) is 0 Å². The molecule has 132 valence electrons. The molecule has 1 unspecified atom stereocenters. The SMILES string of the molecule is CC1=C(OC(=O)O)C(c2ccccc2OC(F)F)C2=C(COC2=O)N1. The molecule has 0 fully saturated rings. The molecule has 0 radical (unpaired) electrons. The van der Waals surface area contributed by atoms with Gasteiger partial charge in [-0.05, 0) is 13.0 Å². The van der Waals surface area contributed by atoms with Crippen LogP contribution in [0.15, 0.2) is 47.0 Å². The van der Waals surface area contributed by atoms with Gasteiger partial charge in [-0.15, -0.1) is 0 Å². The van der Waals surface area contributed by atoms with Gasteiger partial charge < -0.3 is 24.6 Å². The first-order valence-electron chi connectivity index (χ1n) is 7.21. The number of cyclic esters (lactones) is 1. The number of halogens is 2. The maximum atomic E-state index is 12.7. The van der Waals surface area contributed by atoms with Gasteiger partial charge in [0.05, 0.1) is 22.9 Å². The molecule has 2 aliphatic heterocycles. The maximum absolute atomic E-state index is 12.7. The zero-order chi connectivity index (χ0) is 18.1. The van der Waals surface area contributed by atoms with Crippen molar-refractivity contribution < 1.29 is 37.7 Å². The first kappa shape index (κ1) is 16.7. The van der Waals surface area contributed by atoms with Gasteiger partial charge in [0.25, 0.3) is 0 Å². The summed E-state index contributed by atoms with van der Waals surface area (Å²) in [6, 6.07) is 5.81. The van der Waals surface area contributed by atoms with E-state index < -0.39 is 24.7 Å². The number of hydrogen-bond donors (Lipinski definition) is 2. The monoisotopic (exact) mass is 353 g/mol. The Kier molecular flexibility index (Phi) is 4.30. The quantitative estimate of drug-likeness (QED) is 0.804. The smallest absolute Gasteiger partial charge is 0.456 e. The number of para-hydroxylation sites is 1. The van der Waals surface area contributed by atoms with Crippen molar-refractivity contribution in [1.82, 2.24) is 5.32 Å². The van der Waals surface area contributed by atoms with Gasteiger partial charge in [-0.3, -0.25) is 0 Å². The Labute approximate surface area is 140 Å². The Morgan fingerprint density at radius 2 is 2.12 bits per heavy atom. The Morgan fingerprint density at radius 1 is 1.40 bits per heavy atom. The molecule has 1 atom stereocenters. The van der Waals surface area contributed by atoms with Gasteiger partial charge in [0, 0.05) is 5.56 Å². The Morgan fingerprint density at radius 3 is 2.80 bits per heavy atom. The van der Waals surface area contributed by atoms with Crippen molar-refractivity contribution in [2.24, 2.45) is 0 Å². The molecule has 0 saturated heterocycles. The predicted molar refractivity (Wildman–Crippen MR) is 78.7 cm³/mol. The second-order valence-electron chi connectivity index (χ2n) is 5.30. The van der Waals surface area contributed by atoms with Gasteiger partial charge in [-0.1, -0.05) is 18.2 Å². The van der Waals surface area contributed by atoms with Gasteiger partial charge >= 0.3 is 18.7 Å². The van der Waals surface area contributed by atoms with E-state index in [1.54, 1.807) is 13.0 Å². The molecule has 7 nitrogen and oxygen atoms in total. The van der Waals surface area contributed by atoms with Crippen LogP contribution in [0.5, 0.6) is 5.75 Å². The number of dihydropyridines is 1. The average Bonchev–Trinajstić information content (AvgIpc) is 2.89. The van der Waals surface area contributed by atoms with Crippen molar-refractivity contribution in [3.63, 3.8) is 0 Å². The van der Waals surface area contributed by atoms with Crippen molar-refractivity contribution in [2.45, 2.75) is 19.5 Å². The number of nitrogens with one attached hydrogen (secondary N) is 1. The zero-order valence-electron chi connectivity index (χ0n) is 12.9. The summed E-state index contributed by atoms with van der Waals surface area (Å²) in [7, 11) is 0. The molecule has 0 saturated carbocycles. The number of esters is 1. The van der Waals surface area contributed by atoms with Crippen LogP contribution in [0.2, 0.25) is 0 Å². The summed E-state index contributed by atoms with van der Waals surface area (Å²) in [6.45, 7) is -1.56. The highest BCUT2D eigenvalue weighted by Crippen LogP contribution is 2.44. The number of carbonyl (C=O) groups excluding carboxylic acids is 1. The van der Waals surface area contributed by atoms with Crippen LogP contribution in [-0.2, 0) is 14.3 Å². The van der Waals surface area contributed by atoms with Crippen molar-refractivity contribution in [3.8, 4) is 5.75 Å². The van der Waals surface area contributed by atoms with Gasteiger partial charge in [0.1, 0.15) is 18.1 Å². The lowest BCUT2D eigenvalue weighted by atomic mass is 9.85. The largest absolute Gasteiger partial charge is 0.511 e. The van der Waals surface area contributed by atoms with Crippen LogP contribution in [0.1, 0.15) is 18.4 Å². The second kappa shape index (κ2) is 6.42. The zero-order valence-corrected chi connectivity index (χ0v) is 12.9. The molecule has 9 heteroatoms. The molecule has 2 N–H and O–H groups in total. The van der Waals surface area contributed by atoms with E-state index in [-0.39, 0.29) is 29.3 Å². The highest BCUT2D eigenvalue weighted by molar-refractivity contribution is 5.95. The van der Waals surface area contributed by atoms with E-state index in [1.807, 2.05) is 0 Å². The predicted octanol–water partition coefficient (Wildman–Crippen LogP) is 2.71.